The molecule has 0 aromatic heterocycles. The second kappa shape index (κ2) is 6.92. The van der Waals surface area contributed by atoms with Crippen LogP contribution in [0.25, 0.3) is 0 Å². The van der Waals surface area contributed by atoms with Crippen LogP contribution in [0.4, 0.5) is 0 Å². The first-order valence-corrected chi connectivity index (χ1v) is 7.54. The average molecular weight is 333 g/mol. The summed E-state index contributed by atoms with van der Waals surface area (Å²) in [6, 6.07) is 4.93. The van der Waals surface area contributed by atoms with E-state index in [0.717, 1.165) is 0 Å². The van der Waals surface area contributed by atoms with Gasteiger partial charge in [0.15, 0.2) is 11.9 Å². The van der Waals surface area contributed by atoms with Crippen molar-refractivity contribution in [1.82, 2.24) is 0 Å². The molecule has 18 heavy (non-hydrogen) atoms. The van der Waals surface area contributed by atoms with E-state index in [1.165, 1.54) is 11.8 Å². The summed E-state index contributed by atoms with van der Waals surface area (Å²) in [5, 5.41) is 19.1. The topological polar surface area (TPSA) is 74.6 Å². The molecule has 98 valence electrons. The van der Waals surface area contributed by atoms with Crippen molar-refractivity contribution >= 4 is 39.4 Å². The van der Waals surface area contributed by atoms with Crippen molar-refractivity contribution in [3.05, 3.63) is 29.3 Å². The zero-order valence-corrected chi connectivity index (χ0v) is 12.1. The summed E-state index contributed by atoms with van der Waals surface area (Å²) in [6.07, 6.45) is 0.353. The Balaban J connectivity index is 3.33. The quantitative estimate of drug-likeness (QED) is 0.475. The monoisotopic (exact) mass is 332 g/mol. The van der Waals surface area contributed by atoms with Gasteiger partial charge in [0.1, 0.15) is 0 Å². The zero-order valence-electron chi connectivity index (χ0n) is 9.72. The number of thioether (sulfide) groups is 1. The number of carbonyl (C=O) groups is 2. The summed E-state index contributed by atoms with van der Waals surface area (Å²) in [5.74, 6) is -1.54. The Morgan fingerprint density at radius 2 is 2.11 bits per heavy atom. The van der Waals surface area contributed by atoms with Crippen LogP contribution in [0.15, 0.2) is 23.1 Å². The second-order valence-corrected chi connectivity index (χ2v) is 5.17. The molecule has 6 heteroatoms. The largest absolute Gasteiger partial charge is 0.479 e. The lowest BCUT2D eigenvalue weighted by molar-refractivity contribution is -0.147. The van der Waals surface area contributed by atoms with Crippen molar-refractivity contribution in [2.24, 2.45) is 0 Å². The van der Waals surface area contributed by atoms with Gasteiger partial charge >= 0.3 is 5.97 Å². The fraction of sp³-hybridized carbons (Fsp3) is 0.333. The molecular formula is C12H13BrO4S. The van der Waals surface area contributed by atoms with Crippen LogP contribution in [0.3, 0.4) is 0 Å². The van der Waals surface area contributed by atoms with E-state index >= 15 is 0 Å². The molecule has 0 saturated carbocycles. The number of halogens is 1. The van der Waals surface area contributed by atoms with Crippen molar-refractivity contribution in [2.45, 2.75) is 17.4 Å². The van der Waals surface area contributed by atoms with Crippen molar-refractivity contribution in [3.63, 3.8) is 0 Å². The molecule has 1 unspecified atom stereocenters. The first kappa shape index (κ1) is 15.2. The number of rotatable bonds is 6. The maximum Gasteiger partial charge on any atom is 0.337 e. The summed E-state index contributed by atoms with van der Waals surface area (Å²) in [4.78, 5) is 23.4. The van der Waals surface area contributed by atoms with Gasteiger partial charge in [-0.2, -0.15) is 0 Å². The van der Waals surface area contributed by atoms with Crippen LogP contribution >= 0.6 is 27.7 Å². The summed E-state index contributed by atoms with van der Waals surface area (Å²) < 4.78 is 0. The molecule has 1 rings (SSSR count). The van der Waals surface area contributed by atoms with Gasteiger partial charge in [-0.15, -0.1) is 11.8 Å². The Hall–Kier alpha value is -0.850. The molecule has 0 heterocycles. The lowest BCUT2D eigenvalue weighted by Crippen LogP contribution is -2.16. The Bertz CT molecular complexity index is 461. The number of carboxylic acid groups (broad SMARTS) is 1. The van der Waals surface area contributed by atoms with Gasteiger partial charge in [-0.25, -0.2) is 4.79 Å². The van der Waals surface area contributed by atoms with Gasteiger partial charge in [0.05, 0.1) is 0 Å². The third kappa shape index (κ3) is 3.34. The molecule has 0 amide bonds. The van der Waals surface area contributed by atoms with Crippen LogP contribution in [0.2, 0.25) is 0 Å². The van der Waals surface area contributed by atoms with Crippen LogP contribution < -0.4 is 0 Å². The van der Waals surface area contributed by atoms with Gasteiger partial charge in [-0.3, -0.25) is 4.79 Å². The summed E-state index contributed by atoms with van der Waals surface area (Å²) in [6.45, 7) is 0. The molecular weight excluding hydrogens is 320 g/mol. The van der Waals surface area contributed by atoms with Crippen LogP contribution in [0.5, 0.6) is 0 Å². The molecule has 0 aliphatic heterocycles. The molecule has 0 aliphatic rings. The predicted octanol–water partition coefficient (Wildman–Crippen LogP) is 2.49. The van der Waals surface area contributed by atoms with Crippen molar-refractivity contribution in [3.8, 4) is 0 Å². The van der Waals surface area contributed by atoms with Crippen molar-refractivity contribution in [1.29, 1.82) is 0 Å². The van der Waals surface area contributed by atoms with Gasteiger partial charge in [-0.1, -0.05) is 28.1 Å². The number of aliphatic hydroxyl groups is 1. The van der Waals surface area contributed by atoms with Crippen molar-refractivity contribution < 1.29 is 19.8 Å². The van der Waals surface area contributed by atoms with Crippen LogP contribution in [0.1, 0.15) is 28.4 Å². The summed E-state index contributed by atoms with van der Waals surface area (Å²) in [7, 11) is 0. The summed E-state index contributed by atoms with van der Waals surface area (Å²) >= 11 is 4.47. The first-order valence-electron chi connectivity index (χ1n) is 5.19. The zero-order chi connectivity index (χ0) is 13.7. The Morgan fingerprint density at radius 1 is 1.44 bits per heavy atom. The number of aliphatic hydroxyl groups excluding tert-OH is 1. The van der Waals surface area contributed by atoms with Crippen LogP contribution in [-0.2, 0) is 4.79 Å². The minimum Gasteiger partial charge on any atom is -0.479 e. The molecule has 2 N–H and O–H groups in total. The molecule has 0 spiro atoms. The highest BCUT2D eigenvalue weighted by Crippen LogP contribution is 2.30. The SMILES string of the molecule is CSc1cccc(C(=O)CCBr)c1C(O)C(=O)O. The van der Waals surface area contributed by atoms with Gasteiger partial charge in [0.25, 0.3) is 0 Å². The molecule has 0 saturated heterocycles. The first-order chi connectivity index (χ1) is 8.52. The highest BCUT2D eigenvalue weighted by molar-refractivity contribution is 9.09. The van der Waals surface area contributed by atoms with E-state index in [-0.39, 0.29) is 23.3 Å². The molecule has 0 aliphatic carbocycles. The fourth-order valence-corrected chi connectivity index (χ4v) is 2.61. The Labute approximate surface area is 118 Å². The molecule has 1 atom stereocenters. The third-order valence-corrected chi connectivity index (χ3v) is 3.61. The third-order valence-electron chi connectivity index (χ3n) is 2.42. The normalized spacial score (nSPS) is 12.2. The summed E-state index contributed by atoms with van der Waals surface area (Å²) in [5.41, 5.74) is 0.458. The smallest absolute Gasteiger partial charge is 0.337 e. The van der Waals surface area contributed by atoms with E-state index in [2.05, 4.69) is 15.9 Å². The fourth-order valence-electron chi connectivity index (χ4n) is 1.59. The van der Waals surface area contributed by atoms with E-state index in [1.807, 2.05) is 0 Å². The maximum atomic E-state index is 11.9. The molecule has 0 fully saturated rings. The second-order valence-electron chi connectivity index (χ2n) is 3.52. The number of hydrogen-bond donors (Lipinski definition) is 2. The lowest BCUT2D eigenvalue weighted by atomic mass is 9.98. The van der Waals surface area contributed by atoms with Gasteiger partial charge in [-0.05, 0) is 12.3 Å². The molecule has 1 aromatic rings. The van der Waals surface area contributed by atoms with Gasteiger partial charge in [0, 0.05) is 27.8 Å². The van der Waals surface area contributed by atoms with Crippen molar-refractivity contribution in [2.75, 3.05) is 11.6 Å². The van der Waals surface area contributed by atoms with E-state index in [1.54, 1.807) is 24.5 Å². The lowest BCUT2D eigenvalue weighted by Gasteiger charge is -2.15. The van der Waals surface area contributed by atoms with Crippen LogP contribution in [-0.4, -0.2) is 33.6 Å². The van der Waals surface area contributed by atoms with Crippen LogP contribution in [0, 0.1) is 0 Å². The minimum absolute atomic E-state index is 0.182. The number of ketones is 1. The molecule has 0 radical (unpaired) electrons. The molecule has 4 nitrogen and oxygen atoms in total. The van der Waals surface area contributed by atoms with E-state index in [0.29, 0.717) is 10.2 Å². The highest BCUT2D eigenvalue weighted by atomic mass is 79.9. The Kier molecular flexibility index (Phi) is 5.84. The van der Waals surface area contributed by atoms with Gasteiger partial charge in [0.2, 0.25) is 0 Å². The van der Waals surface area contributed by atoms with E-state index in [4.69, 9.17) is 5.11 Å². The number of aliphatic carboxylic acids is 1. The van der Waals surface area contributed by atoms with E-state index in [9.17, 15) is 14.7 Å². The molecule has 1 aromatic carbocycles. The maximum absolute atomic E-state index is 11.9. The minimum atomic E-state index is -1.68. The predicted molar refractivity (Wildman–Crippen MR) is 73.6 cm³/mol. The Morgan fingerprint density at radius 3 is 2.61 bits per heavy atom. The standard InChI is InChI=1S/C12H13BrO4S/c1-18-9-4-2-3-7(8(14)5-6-13)10(9)11(15)12(16)17/h2-4,11,15H,5-6H2,1H3,(H,16,17). The molecule has 0 bridgehead atoms. The number of Topliss-reactive ketones (excluding diaryl/α,β-unsaturated/α-hetero) is 1. The number of carboxylic acids is 1. The number of benzene rings is 1. The number of alkyl halides is 1. The van der Waals surface area contributed by atoms with E-state index < -0.39 is 12.1 Å². The number of carbonyl (C=O) groups excluding carboxylic acids is 1. The number of hydrogen-bond acceptors (Lipinski definition) is 4. The highest BCUT2D eigenvalue weighted by Gasteiger charge is 2.25. The van der Waals surface area contributed by atoms with Gasteiger partial charge < -0.3 is 10.2 Å². The average Bonchev–Trinajstić information content (AvgIpc) is 2.37.